The van der Waals surface area contributed by atoms with Crippen LogP contribution in [-0.2, 0) is 6.61 Å². The third-order valence-corrected chi connectivity index (χ3v) is 3.97. The summed E-state index contributed by atoms with van der Waals surface area (Å²) in [4.78, 5) is 0. The van der Waals surface area contributed by atoms with E-state index in [4.69, 9.17) is 16.3 Å². The van der Waals surface area contributed by atoms with E-state index in [0.29, 0.717) is 11.6 Å². The Morgan fingerprint density at radius 2 is 1.61 bits per heavy atom. The largest absolute Gasteiger partial charge is 0.488 e. The van der Waals surface area contributed by atoms with E-state index in [9.17, 15) is 0 Å². The van der Waals surface area contributed by atoms with E-state index in [-0.39, 0.29) is 0 Å². The first kappa shape index (κ1) is 15.4. The van der Waals surface area contributed by atoms with Crippen LogP contribution in [0.25, 0.3) is 17.2 Å². The lowest BCUT2D eigenvalue weighted by molar-refractivity contribution is 0.307. The lowest BCUT2D eigenvalue weighted by Crippen LogP contribution is -1.97. The third kappa shape index (κ3) is 3.64. The Balaban J connectivity index is 1.96. The summed E-state index contributed by atoms with van der Waals surface area (Å²) in [7, 11) is 0. The lowest BCUT2D eigenvalue weighted by Gasteiger charge is -2.14. The first-order valence-electron chi connectivity index (χ1n) is 7.46. The summed E-state index contributed by atoms with van der Waals surface area (Å²) in [5.74, 6) is 0.813. The quantitative estimate of drug-likeness (QED) is 0.541. The molecule has 114 valence electrons. The van der Waals surface area contributed by atoms with Crippen LogP contribution in [0.3, 0.4) is 0 Å². The minimum Gasteiger partial charge on any atom is -0.488 e. The fourth-order valence-corrected chi connectivity index (χ4v) is 2.66. The molecule has 0 fully saturated rings. The summed E-state index contributed by atoms with van der Waals surface area (Å²) in [5, 5.41) is 0.707. The number of hydrogen-bond acceptors (Lipinski definition) is 1. The van der Waals surface area contributed by atoms with Crippen molar-refractivity contribution in [2.45, 2.75) is 6.61 Å². The smallest absolute Gasteiger partial charge is 0.127 e. The van der Waals surface area contributed by atoms with Gasteiger partial charge in [0.25, 0.3) is 0 Å². The second kappa shape index (κ2) is 7.17. The third-order valence-electron chi connectivity index (χ3n) is 3.64. The van der Waals surface area contributed by atoms with Gasteiger partial charge in [0.15, 0.2) is 0 Å². The number of halogens is 1. The lowest BCUT2D eigenvalue weighted by atomic mass is 10.0. The normalized spacial score (nSPS) is 10.3. The van der Waals surface area contributed by atoms with Crippen molar-refractivity contribution in [3.8, 4) is 16.9 Å². The fraction of sp³-hybridized carbons (Fsp3) is 0.0476. The Morgan fingerprint density at radius 3 is 2.35 bits per heavy atom. The Kier molecular flexibility index (Phi) is 4.80. The molecule has 2 heteroatoms. The van der Waals surface area contributed by atoms with Gasteiger partial charge < -0.3 is 4.74 Å². The molecule has 3 aromatic carbocycles. The summed E-state index contributed by atoms with van der Waals surface area (Å²) in [6.07, 6.45) is 1.82. The molecule has 0 spiro atoms. The number of rotatable bonds is 5. The molecule has 0 atom stereocenters. The molecule has 0 saturated carbocycles. The Morgan fingerprint density at radius 1 is 0.870 bits per heavy atom. The SMILES string of the molecule is C=Cc1ccc(OCc2ccccc2)c(-c2ccccc2Cl)c1. The van der Waals surface area contributed by atoms with E-state index >= 15 is 0 Å². The van der Waals surface area contributed by atoms with Crippen molar-refractivity contribution in [2.75, 3.05) is 0 Å². The van der Waals surface area contributed by atoms with E-state index in [1.807, 2.05) is 72.8 Å². The molecule has 0 unspecified atom stereocenters. The number of benzene rings is 3. The second-order valence-corrected chi connectivity index (χ2v) is 5.62. The minimum atomic E-state index is 0.520. The summed E-state index contributed by atoms with van der Waals surface area (Å²) >= 11 is 6.36. The van der Waals surface area contributed by atoms with E-state index < -0.39 is 0 Å². The molecule has 3 aromatic rings. The predicted octanol–water partition coefficient (Wildman–Crippen LogP) is 6.23. The molecule has 1 nitrogen and oxygen atoms in total. The average molecular weight is 321 g/mol. The van der Waals surface area contributed by atoms with Crippen molar-refractivity contribution in [1.29, 1.82) is 0 Å². The molecule has 0 saturated heterocycles. The first-order chi connectivity index (χ1) is 11.3. The van der Waals surface area contributed by atoms with Crippen LogP contribution in [-0.4, -0.2) is 0 Å². The average Bonchev–Trinajstić information content (AvgIpc) is 2.61. The standard InChI is InChI=1S/C21H17ClO/c1-2-16-12-13-21(23-15-17-8-4-3-5-9-17)19(14-16)18-10-6-7-11-20(18)22/h2-14H,1,15H2. The molecule has 0 aliphatic rings. The van der Waals surface area contributed by atoms with E-state index in [0.717, 1.165) is 28.0 Å². The summed E-state index contributed by atoms with van der Waals surface area (Å²) in [6.45, 7) is 4.36. The zero-order valence-corrected chi connectivity index (χ0v) is 13.5. The Bertz CT molecular complexity index is 809. The van der Waals surface area contributed by atoms with Crippen LogP contribution in [0.1, 0.15) is 11.1 Å². The fourth-order valence-electron chi connectivity index (χ4n) is 2.43. The maximum absolute atomic E-state index is 6.36. The summed E-state index contributed by atoms with van der Waals surface area (Å²) in [6, 6.07) is 23.9. The van der Waals surface area contributed by atoms with Crippen molar-refractivity contribution in [1.82, 2.24) is 0 Å². The van der Waals surface area contributed by atoms with Gasteiger partial charge in [0.2, 0.25) is 0 Å². The molecule has 0 aromatic heterocycles. The van der Waals surface area contributed by atoms with Crippen molar-refractivity contribution in [2.24, 2.45) is 0 Å². The molecule has 0 aliphatic carbocycles. The van der Waals surface area contributed by atoms with Crippen LogP contribution in [0.4, 0.5) is 0 Å². The van der Waals surface area contributed by atoms with Crippen LogP contribution < -0.4 is 4.74 Å². The highest BCUT2D eigenvalue weighted by Crippen LogP contribution is 2.36. The maximum atomic E-state index is 6.36. The molecule has 0 heterocycles. The maximum Gasteiger partial charge on any atom is 0.127 e. The van der Waals surface area contributed by atoms with Crippen LogP contribution in [0, 0.1) is 0 Å². The molecular weight excluding hydrogens is 304 g/mol. The van der Waals surface area contributed by atoms with Gasteiger partial charge in [-0.3, -0.25) is 0 Å². The van der Waals surface area contributed by atoms with Crippen LogP contribution in [0.5, 0.6) is 5.75 Å². The summed E-state index contributed by atoms with van der Waals surface area (Å²) in [5.41, 5.74) is 4.10. The topological polar surface area (TPSA) is 9.23 Å². The van der Waals surface area contributed by atoms with Crippen molar-refractivity contribution >= 4 is 17.7 Å². The van der Waals surface area contributed by atoms with Gasteiger partial charge in [0, 0.05) is 16.1 Å². The van der Waals surface area contributed by atoms with Gasteiger partial charge in [0.05, 0.1) is 0 Å². The summed E-state index contributed by atoms with van der Waals surface area (Å²) < 4.78 is 6.04. The number of hydrogen-bond donors (Lipinski definition) is 0. The second-order valence-electron chi connectivity index (χ2n) is 5.21. The predicted molar refractivity (Wildman–Crippen MR) is 97.8 cm³/mol. The zero-order valence-electron chi connectivity index (χ0n) is 12.7. The molecule has 0 radical (unpaired) electrons. The molecule has 0 amide bonds. The van der Waals surface area contributed by atoms with Crippen LogP contribution >= 0.6 is 11.6 Å². The van der Waals surface area contributed by atoms with Gasteiger partial charge in [-0.25, -0.2) is 0 Å². The minimum absolute atomic E-state index is 0.520. The van der Waals surface area contributed by atoms with Crippen molar-refractivity contribution in [3.63, 3.8) is 0 Å². The van der Waals surface area contributed by atoms with E-state index in [1.165, 1.54) is 0 Å². The van der Waals surface area contributed by atoms with Gasteiger partial charge in [-0.1, -0.05) is 78.9 Å². The van der Waals surface area contributed by atoms with Gasteiger partial charge in [-0.05, 0) is 29.3 Å². The van der Waals surface area contributed by atoms with Gasteiger partial charge >= 0.3 is 0 Å². The van der Waals surface area contributed by atoms with E-state index in [1.54, 1.807) is 0 Å². The van der Waals surface area contributed by atoms with E-state index in [2.05, 4.69) is 12.6 Å². The first-order valence-corrected chi connectivity index (χ1v) is 7.84. The highest BCUT2D eigenvalue weighted by atomic mass is 35.5. The molecule has 0 aliphatic heterocycles. The van der Waals surface area contributed by atoms with Gasteiger partial charge in [0.1, 0.15) is 12.4 Å². The van der Waals surface area contributed by atoms with Gasteiger partial charge in [-0.2, -0.15) is 0 Å². The molecular formula is C21H17ClO. The highest BCUT2D eigenvalue weighted by molar-refractivity contribution is 6.33. The molecule has 3 rings (SSSR count). The van der Waals surface area contributed by atoms with Gasteiger partial charge in [-0.15, -0.1) is 0 Å². The Hall–Kier alpha value is -2.51. The van der Waals surface area contributed by atoms with Crippen molar-refractivity contribution < 1.29 is 4.74 Å². The van der Waals surface area contributed by atoms with Crippen molar-refractivity contribution in [3.05, 3.63) is 95.5 Å². The number of ether oxygens (including phenoxy) is 1. The van der Waals surface area contributed by atoms with Crippen LogP contribution in [0.15, 0.2) is 79.4 Å². The monoisotopic (exact) mass is 320 g/mol. The highest BCUT2D eigenvalue weighted by Gasteiger charge is 2.10. The molecule has 23 heavy (non-hydrogen) atoms. The molecule has 0 bridgehead atoms. The zero-order chi connectivity index (χ0) is 16.1. The van der Waals surface area contributed by atoms with Crippen LogP contribution in [0.2, 0.25) is 5.02 Å². The Labute approximate surface area is 141 Å². The molecule has 0 N–H and O–H groups in total.